The zero-order chi connectivity index (χ0) is 18.4. The van der Waals surface area contributed by atoms with Crippen LogP contribution in [0.25, 0.3) is 0 Å². The summed E-state index contributed by atoms with van der Waals surface area (Å²) in [5.74, 6) is -1.60. The number of carbonyl (C=O) groups excluding carboxylic acids is 1. The number of hydrogen-bond acceptors (Lipinski definition) is 4. The summed E-state index contributed by atoms with van der Waals surface area (Å²) in [7, 11) is 0. The lowest BCUT2D eigenvalue weighted by Gasteiger charge is -2.16. The molecule has 25 heavy (non-hydrogen) atoms. The van der Waals surface area contributed by atoms with E-state index < -0.39 is 17.9 Å². The normalized spacial score (nSPS) is 12.0. The molecular weight excluding hydrogens is 322 g/mol. The van der Waals surface area contributed by atoms with Gasteiger partial charge in [0.2, 0.25) is 0 Å². The molecule has 0 bridgehead atoms. The first-order valence-electron chi connectivity index (χ1n) is 8.02. The minimum atomic E-state index is -1.10. The zero-order valence-corrected chi connectivity index (χ0v) is 14.2. The van der Waals surface area contributed by atoms with Crippen molar-refractivity contribution < 1.29 is 14.7 Å². The summed E-state index contributed by atoms with van der Waals surface area (Å²) in [5, 5.41) is 15.7. The first-order valence-corrected chi connectivity index (χ1v) is 8.02. The third kappa shape index (κ3) is 5.27. The number of carboxylic acid groups (broad SMARTS) is 1. The molecule has 1 atom stereocenters. The molecular formula is C18H21N3O4. The van der Waals surface area contributed by atoms with Gasteiger partial charge in [-0.25, -0.2) is 9.48 Å². The van der Waals surface area contributed by atoms with Crippen molar-refractivity contribution in [1.82, 2.24) is 15.1 Å². The van der Waals surface area contributed by atoms with Crippen LogP contribution in [0.3, 0.4) is 0 Å². The van der Waals surface area contributed by atoms with Crippen LogP contribution in [0.2, 0.25) is 0 Å². The second kappa shape index (κ2) is 8.23. The van der Waals surface area contributed by atoms with Gasteiger partial charge in [0.1, 0.15) is 11.7 Å². The first kappa shape index (κ1) is 18.4. The molecule has 2 rings (SSSR count). The van der Waals surface area contributed by atoms with Crippen molar-refractivity contribution in [2.24, 2.45) is 5.92 Å². The molecule has 0 aliphatic carbocycles. The maximum Gasteiger partial charge on any atom is 0.326 e. The van der Waals surface area contributed by atoms with Gasteiger partial charge in [0.05, 0.1) is 6.54 Å². The van der Waals surface area contributed by atoms with E-state index in [9.17, 15) is 19.5 Å². The van der Waals surface area contributed by atoms with Crippen LogP contribution in [0.1, 0.15) is 36.3 Å². The molecule has 1 amide bonds. The number of amides is 1. The van der Waals surface area contributed by atoms with Gasteiger partial charge in [-0.2, -0.15) is 5.10 Å². The Labute approximate surface area is 145 Å². The van der Waals surface area contributed by atoms with E-state index >= 15 is 0 Å². The highest BCUT2D eigenvalue weighted by atomic mass is 16.4. The Balaban J connectivity index is 2.18. The van der Waals surface area contributed by atoms with Crippen LogP contribution in [0.4, 0.5) is 0 Å². The molecule has 0 unspecified atom stereocenters. The molecule has 0 fully saturated rings. The van der Waals surface area contributed by atoms with E-state index in [1.165, 1.54) is 16.8 Å². The second-order valence-corrected chi connectivity index (χ2v) is 6.19. The topological polar surface area (TPSA) is 101 Å². The predicted molar refractivity (Wildman–Crippen MR) is 92.4 cm³/mol. The molecule has 2 aromatic rings. The number of benzene rings is 1. The first-order chi connectivity index (χ1) is 11.9. The largest absolute Gasteiger partial charge is 0.480 e. The van der Waals surface area contributed by atoms with Crippen LogP contribution >= 0.6 is 0 Å². The Kier molecular flexibility index (Phi) is 6.05. The number of hydrogen-bond donors (Lipinski definition) is 2. The molecule has 1 aromatic carbocycles. The van der Waals surface area contributed by atoms with Gasteiger partial charge < -0.3 is 10.4 Å². The molecule has 2 N–H and O–H groups in total. The lowest BCUT2D eigenvalue weighted by Crippen LogP contribution is -2.42. The van der Waals surface area contributed by atoms with Gasteiger partial charge in [-0.1, -0.05) is 44.2 Å². The Bertz CT molecular complexity index is 799. The molecule has 1 heterocycles. The van der Waals surface area contributed by atoms with Crippen molar-refractivity contribution in [1.29, 1.82) is 0 Å². The lowest BCUT2D eigenvalue weighted by molar-refractivity contribution is -0.139. The standard InChI is InChI=1S/C18H21N3O4/c1-12(2)10-15(18(24)25)19-17(23)14-8-9-16(22)21(20-14)11-13-6-4-3-5-7-13/h3-9,12,15H,10-11H2,1-2H3,(H,19,23)(H,24,25)/t15-/m1/s1. The minimum absolute atomic E-state index is 0.00513. The van der Waals surface area contributed by atoms with Gasteiger partial charge >= 0.3 is 5.97 Å². The van der Waals surface area contributed by atoms with Crippen molar-refractivity contribution in [2.45, 2.75) is 32.9 Å². The van der Waals surface area contributed by atoms with Crippen molar-refractivity contribution in [3.05, 3.63) is 64.1 Å². The fourth-order valence-electron chi connectivity index (χ4n) is 2.36. The minimum Gasteiger partial charge on any atom is -0.480 e. The summed E-state index contributed by atoms with van der Waals surface area (Å²) in [4.78, 5) is 35.5. The molecule has 0 aliphatic heterocycles. The quantitative estimate of drug-likeness (QED) is 0.794. The summed E-state index contributed by atoms with van der Waals surface area (Å²) in [5.41, 5.74) is 0.542. The molecule has 7 heteroatoms. The maximum absolute atomic E-state index is 12.3. The zero-order valence-electron chi connectivity index (χ0n) is 14.2. The highest BCUT2D eigenvalue weighted by Gasteiger charge is 2.22. The van der Waals surface area contributed by atoms with Crippen LogP contribution in [-0.2, 0) is 11.3 Å². The fraction of sp³-hybridized carbons (Fsp3) is 0.333. The second-order valence-electron chi connectivity index (χ2n) is 6.19. The van der Waals surface area contributed by atoms with Gasteiger partial charge in [0, 0.05) is 6.07 Å². The van der Waals surface area contributed by atoms with Crippen molar-refractivity contribution in [3.8, 4) is 0 Å². The molecule has 0 saturated carbocycles. The molecule has 0 saturated heterocycles. The summed E-state index contributed by atoms with van der Waals surface area (Å²) in [6.07, 6.45) is 0.310. The van der Waals surface area contributed by atoms with Crippen LogP contribution < -0.4 is 10.9 Å². The fourth-order valence-corrected chi connectivity index (χ4v) is 2.36. The monoisotopic (exact) mass is 343 g/mol. The van der Waals surface area contributed by atoms with Gasteiger partial charge in [0.15, 0.2) is 0 Å². The Hall–Kier alpha value is -2.96. The summed E-state index contributed by atoms with van der Waals surface area (Å²) in [6.45, 7) is 3.98. The Morgan fingerprint density at radius 3 is 2.44 bits per heavy atom. The van der Waals surface area contributed by atoms with Gasteiger partial charge in [0.25, 0.3) is 11.5 Å². The summed E-state index contributed by atoms with van der Waals surface area (Å²) < 4.78 is 1.18. The van der Waals surface area contributed by atoms with Crippen molar-refractivity contribution >= 4 is 11.9 Å². The number of carbonyl (C=O) groups is 2. The van der Waals surface area contributed by atoms with E-state index in [4.69, 9.17) is 0 Å². The van der Waals surface area contributed by atoms with Crippen LogP contribution in [0, 0.1) is 5.92 Å². The molecule has 7 nitrogen and oxygen atoms in total. The van der Waals surface area contributed by atoms with Crippen LogP contribution in [-0.4, -0.2) is 32.8 Å². The van der Waals surface area contributed by atoms with Crippen molar-refractivity contribution in [2.75, 3.05) is 0 Å². The van der Waals surface area contributed by atoms with Gasteiger partial charge in [-0.3, -0.25) is 9.59 Å². The van der Waals surface area contributed by atoms with E-state index in [1.807, 2.05) is 44.2 Å². The lowest BCUT2D eigenvalue weighted by atomic mass is 10.0. The third-order valence-corrected chi connectivity index (χ3v) is 3.58. The molecule has 0 aliphatic rings. The van der Waals surface area contributed by atoms with E-state index in [2.05, 4.69) is 10.4 Å². The van der Waals surface area contributed by atoms with Crippen LogP contribution in [0.5, 0.6) is 0 Å². The molecule has 0 spiro atoms. The molecule has 1 aromatic heterocycles. The van der Waals surface area contributed by atoms with Crippen LogP contribution in [0.15, 0.2) is 47.3 Å². The van der Waals surface area contributed by atoms with E-state index in [0.717, 1.165) is 5.56 Å². The number of rotatable bonds is 7. The maximum atomic E-state index is 12.3. The number of carboxylic acids is 1. The number of nitrogens with one attached hydrogen (secondary N) is 1. The van der Waals surface area contributed by atoms with E-state index in [1.54, 1.807) is 0 Å². The number of aliphatic carboxylic acids is 1. The van der Waals surface area contributed by atoms with E-state index in [0.29, 0.717) is 6.42 Å². The van der Waals surface area contributed by atoms with E-state index in [-0.39, 0.29) is 23.7 Å². The SMILES string of the molecule is CC(C)C[C@@H](NC(=O)c1ccc(=O)n(Cc2ccccc2)n1)C(=O)O. The Morgan fingerprint density at radius 1 is 1.16 bits per heavy atom. The van der Waals surface area contributed by atoms with Crippen molar-refractivity contribution in [3.63, 3.8) is 0 Å². The third-order valence-electron chi connectivity index (χ3n) is 3.58. The summed E-state index contributed by atoms with van der Waals surface area (Å²) in [6, 6.07) is 10.8. The average molecular weight is 343 g/mol. The average Bonchev–Trinajstić information content (AvgIpc) is 2.56. The number of aromatic nitrogens is 2. The highest BCUT2D eigenvalue weighted by Crippen LogP contribution is 2.06. The molecule has 0 radical (unpaired) electrons. The predicted octanol–water partition coefficient (Wildman–Crippen LogP) is 1.52. The summed E-state index contributed by atoms with van der Waals surface area (Å²) >= 11 is 0. The smallest absolute Gasteiger partial charge is 0.326 e. The number of nitrogens with zero attached hydrogens (tertiary/aromatic N) is 2. The Morgan fingerprint density at radius 2 is 1.84 bits per heavy atom. The van der Waals surface area contributed by atoms with Gasteiger partial charge in [-0.15, -0.1) is 0 Å². The highest BCUT2D eigenvalue weighted by molar-refractivity contribution is 5.94. The van der Waals surface area contributed by atoms with Gasteiger partial charge in [-0.05, 0) is 24.0 Å². The molecule has 132 valence electrons.